The van der Waals surface area contributed by atoms with Crippen molar-refractivity contribution in [3.8, 4) is 11.4 Å². The van der Waals surface area contributed by atoms with E-state index < -0.39 is 17.7 Å². The molecule has 2 heterocycles. The van der Waals surface area contributed by atoms with Gasteiger partial charge in [-0.05, 0) is 49.9 Å². The average molecular weight is 394 g/mol. The smallest absolute Gasteiger partial charge is 0.312 e. The van der Waals surface area contributed by atoms with E-state index in [2.05, 4.69) is 15.0 Å². The van der Waals surface area contributed by atoms with Gasteiger partial charge in [0.05, 0.1) is 5.92 Å². The van der Waals surface area contributed by atoms with E-state index in [0.29, 0.717) is 35.7 Å². The third-order valence-corrected chi connectivity index (χ3v) is 5.43. The van der Waals surface area contributed by atoms with E-state index in [0.717, 1.165) is 0 Å². The number of rotatable bonds is 2. The number of nitrogens with one attached hydrogen (secondary N) is 1. The molecule has 3 aromatic rings. The lowest BCUT2D eigenvalue weighted by Gasteiger charge is -2.29. The summed E-state index contributed by atoms with van der Waals surface area (Å²) in [4.78, 5) is 24.0. The lowest BCUT2D eigenvalue weighted by Crippen LogP contribution is -2.28. The molecule has 148 valence electrons. The quantitative estimate of drug-likeness (QED) is 0.660. The van der Waals surface area contributed by atoms with Gasteiger partial charge in [-0.2, -0.15) is 13.2 Å². The lowest BCUT2D eigenvalue weighted by atomic mass is 9.81. The number of nitrogens with zero attached hydrogens (tertiary/aromatic N) is 3. The van der Waals surface area contributed by atoms with Crippen molar-refractivity contribution in [3.63, 3.8) is 0 Å². The number of aromatic amines is 1. The van der Waals surface area contributed by atoms with Crippen LogP contribution < -0.4 is 5.56 Å². The number of hydrogen-bond acceptors (Lipinski definition) is 3. The second-order valence-electron chi connectivity index (χ2n) is 7.21. The van der Waals surface area contributed by atoms with Crippen LogP contribution >= 0.6 is 0 Å². The number of halogens is 4. The molecule has 1 aromatic carbocycles. The summed E-state index contributed by atoms with van der Waals surface area (Å²) in [5, 5.41) is 0. The van der Waals surface area contributed by atoms with Crippen LogP contribution in [0.2, 0.25) is 0 Å². The molecule has 0 amide bonds. The van der Waals surface area contributed by atoms with E-state index in [1.165, 1.54) is 12.1 Å². The van der Waals surface area contributed by atoms with Gasteiger partial charge >= 0.3 is 6.18 Å². The summed E-state index contributed by atoms with van der Waals surface area (Å²) in [6.45, 7) is 0. The van der Waals surface area contributed by atoms with Gasteiger partial charge in [-0.15, -0.1) is 0 Å². The van der Waals surface area contributed by atoms with Crippen LogP contribution in [0.1, 0.15) is 37.4 Å². The lowest BCUT2D eigenvalue weighted by molar-refractivity contribution is -0.182. The van der Waals surface area contributed by atoms with Crippen molar-refractivity contribution in [1.82, 2.24) is 19.5 Å². The monoisotopic (exact) mass is 394 g/mol. The van der Waals surface area contributed by atoms with Gasteiger partial charge in [0.15, 0.2) is 11.2 Å². The van der Waals surface area contributed by atoms with Gasteiger partial charge in [-0.3, -0.25) is 4.79 Å². The zero-order valence-electron chi connectivity index (χ0n) is 15.1. The fraction of sp³-hybridized carbons (Fsp3) is 0.421. The van der Waals surface area contributed by atoms with Crippen LogP contribution in [-0.2, 0) is 7.05 Å². The van der Waals surface area contributed by atoms with Gasteiger partial charge in [0.1, 0.15) is 17.5 Å². The predicted octanol–water partition coefficient (Wildman–Crippen LogP) is 4.30. The molecule has 0 unspecified atom stereocenters. The Morgan fingerprint density at radius 1 is 1.07 bits per heavy atom. The molecule has 9 heteroatoms. The maximum atomic E-state index is 13.2. The number of alkyl halides is 3. The molecule has 0 atom stereocenters. The molecular weight excluding hydrogens is 376 g/mol. The molecule has 0 saturated heterocycles. The third kappa shape index (κ3) is 3.29. The SMILES string of the molecule is Cn1c(-c2ccc(F)cc2)nc2c(=O)[nH]c(C3CCC(C(F)(F)F)CC3)nc21. The molecule has 28 heavy (non-hydrogen) atoms. The molecule has 0 radical (unpaired) electrons. The number of aromatic nitrogens is 4. The summed E-state index contributed by atoms with van der Waals surface area (Å²) in [6.07, 6.45) is -3.48. The Morgan fingerprint density at radius 2 is 1.71 bits per heavy atom. The number of hydrogen-bond donors (Lipinski definition) is 1. The zero-order chi connectivity index (χ0) is 20.1. The number of aryl methyl sites for hydroxylation is 1. The Morgan fingerprint density at radius 3 is 2.32 bits per heavy atom. The van der Waals surface area contributed by atoms with Gasteiger partial charge in [0.25, 0.3) is 5.56 Å². The summed E-state index contributed by atoms with van der Waals surface area (Å²) in [7, 11) is 1.70. The molecule has 1 fully saturated rings. The number of fused-ring (bicyclic) bond motifs is 1. The van der Waals surface area contributed by atoms with E-state index in [-0.39, 0.29) is 30.1 Å². The molecule has 1 N–H and O–H groups in total. The summed E-state index contributed by atoms with van der Waals surface area (Å²) in [5.74, 6) is -1.03. The summed E-state index contributed by atoms with van der Waals surface area (Å²) in [5.41, 5.74) is 0.709. The minimum absolute atomic E-state index is 0.0299. The Balaban J connectivity index is 1.68. The van der Waals surface area contributed by atoms with Gasteiger partial charge in [-0.25, -0.2) is 14.4 Å². The highest BCUT2D eigenvalue weighted by Gasteiger charge is 2.42. The first-order valence-corrected chi connectivity index (χ1v) is 9.03. The van der Waals surface area contributed by atoms with Crippen molar-refractivity contribution >= 4 is 11.2 Å². The Labute approximate surface area is 157 Å². The Kier molecular flexibility index (Phi) is 4.47. The van der Waals surface area contributed by atoms with E-state index in [1.54, 1.807) is 23.7 Å². The van der Waals surface area contributed by atoms with Crippen LogP contribution in [0, 0.1) is 11.7 Å². The molecule has 0 aliphatic heterocycles. The molecule has 4 rings (SSSR count). The average Bonchev–Trinajstić information content (AvgIpc) is 2.99. The second-order valence-corrected chi connectivity index (χ2v) is 7.21. The van der Waals surface area contributed by atoms with Gasteiger partial charge in [-0.1, -0.05) is 0 Å². The highest BCUT2D eigenvalue weighted by Crippen LogP contribution is 2.42. The maximum absolute atomic E-state index is 13.2. The van der Waals surface area contributed by atoms with Crippen LogP contribution in [0.5, 0.6) is 0 Å². The second kappa shape index (κ2) is 6.72. The van der Waals surface area contributed by atoms with Crippen LogP contribution in [-0.4, -0.2) is 25.7 Å². The highest BCUT2D eigenvalue weighted by atomic mass is 19.4. The minimum atomic E-state index is -4.18. The maximum Gasteiger partial charge on any atom is 0.391 e. The molecule has 1 aliphatic carbocycles. The Hall–Kier alpha value is -2.71. The first kappa shape index (κ1) is 18.6. The van der Waals surface area contributed by atoms with E-state index in [4.69, 9.17) is 0 Å². The van der Waals surface area contributed by atoms with Crippen LogP contribution in [0.25, 0.3) is 22.6 Å². The molecule has 2 aromatic heterocycles. The Bertz CT molecular complexity index is 1060. The van der Waals surface area contributed by atoms with Crippen LogP contribution in [0.3, 0.4) is 0 Å². The van der Waals surface area contributed by atoms with Crippen molar-refractivity contribution < 1.29 is 17.6 Å². The normalized spacial score (nSPS) is 20.6. The van der Waals surface area contributed by atoms with Gasteiger partial charge in [0, 0.05) is 18.5 Å². The first-order chi connectivity index (χ1) is 13.2. The largest absolute Gasteiger partial charge is 0.391 e. The van der Waals surface area contributed by atoms with Gasteiger partial charge < -0.3 is 9.55 Å². The fourth-order valence-electron chi connectivity index (χ4n) is 3.83. The molecule has 1 aliphatic rings. The van der Waals surface area contributed by atoms with E-state index in [9.17, 15) is 22.4 Å². The van der Waals surface area contributed by atoms with Crippen LogP contribution in [0.4, 0.5) is 17.6 Å². The van der Waals surface area contributed by atoms with Crippen molar-refractivity contribution in [2.45, 2.75) is 37.8 Å². The summed E-state index contributed by atoms with van der Waals surface area (Å²) < 4.78 is 53.4. The predicted molar refractivity (Wildman–Crippen MR) is 95.3 cm³/mol. The summed E-state index contributed by atoms with van der Waals surface area (Å²) in [6, 6.07) is 5.72. The number of benzene rings is 1. The summed E-state index contributed by atoms with van der Waals surface area (Å²) >= 11 is 0. The molecular formula is C19H18F4N4O. The van der Waals surface area contributed by atoms with E-state index >= 15 is 0 Å². The highest BCUT2D eigenvalue weighted by molar-refractivity contribution is 5.76. The van der Waals surface area contributed by atoms with Crippen LogP contribution in [0.15, 0.2) is 29.1 Å². The van der Waals surface area contributed by atoms with Crippen molar-refractivity contribution in [2.24, 2.45) is 13.0 Å². The molecule has 1 saturated carbocycles. The van der Waals surface area contributed by atoms with Crippen molar-refractivity contribution in [2.75, 3.05) is 0 Å². The molecule has 5 nitrogen and oxygen atoms in total. The topological polar surface area (TPSA) is 63.6 Å². The third-order valence-electron chi connectivity index (χ3n) is 5.43. The first-order valence-electron chi connectivity index (χ1n) is 9.03. The van der Waals surface area contributed by atoms with Crippen molar-refractivity contribution in [3.05, 3.63) is 46.3 Å². The van der Waals surface area contributed by atoms with Gasteiger partial charge in [0.2, 0.25) is 0 Å². The fourth-order valence-corrected chi connectivity index (χ4v) is 3.83. The standard InChI is InChI=1S/C19H18F4N4O/c1-27-16(11-4-8-13(20)9-5-11)24-14-17(27)25-15(26-18(14)28)10-2-6-12(7-3-10)19(21,22)23/h4-5,8-10,12H,2-3,6-7H2,1H3,(H,25,26,28). The molecule has 0 bridgehead atoms. The number of H-pyrrole nitrogens is 1. The van der Waals surface area contributed by atoms with E-state index in [1.807, 2.05) is 0 Å². The number of imidazole rings is 1. The zero-order valence-corrected chi connectivity index (χ0v) is 15.1. The molecule has 0 spiro atoms. The minimum Gasteiger partial charge on any atom is -0.312 e. The van der Waals surface area contributed by atoms with Crippen molar-refractivity contribution in [1.29, 1.82) is 0 Å².